The van der Waals surface area contributed by atoms with Crippen molar-refractivity contribution in [1.29, 1.82) is 0 Å². The summed E-state index contributed by atoms with van der Waals surface area (Å²) < 4.78 is 0. The van der Waals surface area contributed by atoms with Gasteiger partial charge in [-0.25, -0.2) is 0 Å². The van der Waals surface area contributed by atoms with E-state index in [4.69, 9.17) is 16.9 Å². The molecule has 0 bridgehead atoms. The van der Waals surface area contributed by atoms with Crippen LogP contribution in [0.2, 0.25) is 19.6 Å². The van der Waals surface area contributed by atoms with Gasteiger partial charge in [-0.15, -0.1) is 0 Å². The number of nitrogens with two attached hydrogens (primary N) is 3. The molecular formula is C5H19N3Si. The van der Waals surface area contributed by atoms with E-state index < -0.39 is 8.24 Å². The van der Waals surface area contributed by atoms with E-state index in [0.29, 0.717) is 13.1 Å². The quantitative estimate of drug-likeness (QED) is 0.447. The first-order valence-electron chi connectivity index (χ1n) is 3.11. The van der Waals surface area contributed by atoms with Crippen molar-refractivity contribution in [1.82, 2.24) is 0 Å². The Bertz CT molecular complexity index is 42.7. The summed E-state index contributed by atoms with van der Waals surface area (Å²) in [6.45, 7) is 7.51. The predicted octanol–water partition coefficient (Wildman–Crippen LogP) is -0.316. The fourth-order valence-electron chi connectivity index (χ4n) is 0. The standard InChI is InChI=1S/C3H11NSi.C2H8N2/c1-5(2,3)4;3-1-2-4/h4H2,1-3H3;1-4H2. The number of hydrogen-bond acceptors (Lipinski definition) is 3. The minimum absolute atomic E-state index is 0.597. The fraction of sp³-hybridized carbons (Fsp3) is 1.00. The van der Waals surface area contributed by atoms with E-state index in [0.717, 1.165) is 0 Å². The zero-order valence-corrected chi connectivity index (χ0v) is 7.65. The van der Waals surface area contributed by atoms with Crippen LogP contribution in [0.3, 0.4) is 0 Å². The van der Waals surface area contributed by atoms with Crippen LogP contribution in [-0.2, 0) is 0 Å². The molecule has 4 heteroatoms. The van der Waals surface area contributed by atoms with Crippen molar-refractivity contribution in [2.75, 3.05) is 13.1 Å². The molecule has 3 nitrogen and oxygen atoms in total. The second-order valence-corrected chi connectivity index (χ2v) is 7.68. The molecule has 0 heterocycles. The van der Waals surface area contributed by atoms with Gasteiger partial charge in [-0.05, 0) is 0 Å². The maximum absolute atomic E-state index is 5.49. The van der Waals surface area contributed by atoms with Gasteiger partial charge in [-0.1, -0.05) is 19.6 Å². The van der Waals surface area contributed by atoms with Gasteiger partial charge in [0.15, 0.2) is 0 Å². The fourth-order valence-corrected chi connectivity index (χ4v) is 0. The Hall–Kier alpha value is 0.0969. The molecule has 0 aromatic heterocycles. The van der Waals surface area contributed by atoms with Crippen molar-refractivity contribution in [2.45, 2.75) is 19.6 Å². The SMILES string of the molecule is C[Si](C)(C)N.NCCN. The summed E-state index contributed by atoms with van der Waals surface area (Å²) in [4.78, 5) is 0. The molecule has 0 rings (SSSR count). The molecule has 0 spiro atoms. The summed E-state index contributed by atoms with van der Waals surface area (Å²) in [5, 5.41) is 5.49. The van der Waals surface area contributed by atoms with Crippen LogP contribution in [0.4, 0.5) is 0 Å². The van der Waals surface area contributed by atoms with Crippen molar-refractivity contribution < 1.29 is 0 Å². The molecule has 6 N–H and O–H groups in total. The van der Waals surface area contributed by atoms with Gasteiger partial charge in [0.25, 0.3) is 0 Å². The maximum atomic E-state index is 5.49. The summed E-state index contributed by atoms with van der Waals surface area (Å²) in [5.74, 6) is 0. The lowest BCUT2D eigenvalue weighted by Gasteiger charge is -2.02. The first-order chi connectivity index (χ1) is 3.91. The monoisotopic (exact) mass is 149 g/mol. The molecule has 0 amide bonds. The highest BCUT2D eigenvalue weighted by molar-refractivity contribution is 6.72. The summed E-state index contributed by atoms with van der Waals surface area (Å²) in [6.07, 6.45) is 0. The van der Waals surface area contributed by atoms with Crippen molar-refractivity contribution in [2.24, 2.45) is 16.9 Å². The molecule has 0 aromatic rings. The first kappa shape index (κ1) is 11.8. The largest absolute Gasteiger partial charge is 0.351 e. The molecule has 0 aliphatic carbocycles. The molecular weight excluding hydrogens is 130 g/mol. The van der Waals surface area contributed by atoms with Crippen LogP contribution < -0.4 is 16.9 Å². The summed E-state index contributed by atoms with van der Waals surface area (Å²) in [6, 6.07) is 0. The zero-order chi connectivity index (χ0) is 7.91. The van der Waals surface area contributed by atoms with E-state index >= 15 is 0 Å². The highest BCUT2D eigenvalue weighted by Gasteiger charge is 2.00. The second kappa shape index (κ2) is 6.22. The van der Waals surface area contributed by atoms with Crippen LogP contribution in [0.25, 0.3) is 0 Å². The van der Waals surface area contributed by atoms with Crippen LogP contribution >= 0.6 is 0 Å². The van der Waals surface area contributed by atoms with Gasteiger partial charge in [0.1, 0.15) is 8.24 Å². The third-order valence-electron chi connectivity index (χ3n) is 0.167. The molecule has 0 aliphatic rings. The summed E-state index contributed by atoms with van der Waals surface area (Å²) in [7, 11) is -1.11. The summed E-state index contributed by atoms with van der Waals surface area (Å²) >= 11 is 0. The van der Waals surface area contributed by atoms with Crippen molar-refractivity contribution in [3.05, 3.63) is 0 Å². The Morgan fingerprint density at radius 2 is 1.11 bits per heavy atom. The van der Waals surface area contributed by atoms with Gasteiger partial charge in [-0.3, -0.25) is 0 Å². The lowest BCUT2D eigenvalue weighted by Crippen LogP contribution is -2.32. The molecule has 0 aromatic carbocycles. The number of rotatable bonds is 1. The summed E-state index contributed by atoms with van der Waals surface area (Å²) in [5.41, 5.74) is 9.81. The Kier molecular flexibility index (Phi) is 8.18. The van der Waals surface area contributed by atoms with Crippen molar-refractivity contribution in [3.63, 3.8) is 0 Å². The smallest absolute Gasteiger partial charge is 0.113 e. The molecule has 0 saturated heterocycles. The van der Waals surface area contributed by atoms with E-state index in [1.165, 1.54) is 0 Å². The van der Waals surface area contributed by atoms with Gasteiger partial charge >= 0.3 is 0 Å². The Labute approximate surface area is 58.7 Å². The molecule has 0 fully saturated rings. The van der Waals surface area contributed by atoms with Gasteiger partial charge < -0.3 is 16.9 Å². The van der Waals surface area contributed by atoms with E-state index in [-0.39, 0.29) is 0 Å². The van der Waals surface area contributed by atoms with Crippen molar-refractivity contribution >= 4 is 8.24 Å². The normalized spacial score (nSPS) is 10.0. The van der Waals surface area contributed by atoms with Crippen LogP contribution in [0.15, 0.2) is 0 Å². The van der Waals surface area contributed by atoms with Gasteiger partial charge in [0.2, 0.25) is 0 Å². The highest BCUT2D eigenvalue weighted by Crippen LogP contribution is 1.83. The van der Waals surface area contributed by atoms with Gasteiger partial charge in [-0.2, -0.15) is 0 Å². The van der Waals surface area contributed by atoms with E-state index in [1.54, 1.807) is 0 Å². The second-order valence-electron chi connectivity index (χ2n) is 2.94. The van der Waals surface area contributed by atoms with Gasteiger partial charge in [0, 0.05) is 13.1 Å². The van der Waals surface area contributed by atoms with E-state index in [1.807, 2.05) is 0 Å². The van der Waals surface area contributed by atoms with E-state index in [2.05, 4.69) is 19.6 Å². The Balaban J connectivity index is 0. The van der Waals surface area contributed by atoms with Crippen LogP contribution in [0.1, 0.15) is 0 Å². The average molecular weight is 149 g/mol. The zero-order valence-electron chi connectivity index (χ0n) is 6.65. The Morgan fingerprint density at radius 1 is 1.00 bits per heavy atom. The Morgan fingerprint density at radius 3 is 1.11 bits per heavy atom. The lowest BCUT2D eigenvalue weighted by molar-refractivity contribution is 0.976. The molecule has 58 valence electrons. The lowest BCUT2D eigenvalue weighted by atomic mass is 10.7. The first-order valence-corrected chi connectivity index (χ1v) is 6.68. The van der Waals surface area contributed by atoms with Crippen molar-refractivity contribution in [3.8, 4) is 0 Å². The third kappa shape index (κ3) is 250. The molecule has 9 heavy (non-hydrogen) atoms. The molecule has 0 saturated carbocycles. The number of hydrogen-bond donors (Lipinski definition) is 3. The van der Waals surface area contributed by atoms with E-state index in [9.17, 15) is 0 Å². The minimum atomic E-state index is -1.11. The maximum Gasteiger partial charge on any atom is 0.113 e. The average Bonchev–Trinajstić information content (AvgIpc) is 1.61. The molecule has 0 atom stereocenters. The predicted molar refractivity (Wildman–Crippen MR) is 45.6 cm³/mol. The molecule has 0 radical (unpaired) electrons. The van der Waals surface area contributed by atoms with Crippen LogP contribution in [-0.4, -0.2) is 21.3 Å². The molecule has 0 aliphatic heterocycles. The minimum Gasteiger partial charge on any atom is -0.351 e. The molecule has 0 unspecified atom stereocenters. The van der Waals surface area contributed by atoms with Crippen LogP contribution in [0.5, 0.6) is 0 Å². The third-order valence-corrected chi connectivity index (χ3v) is 0.167. The van der Waals surface area contributed by atoms with Crippen LogP contribution in [0, 0.1) is 0 Å². The van der Waals surface area contributed by atoms with Gasteiger partial charge in [0.05, 0.1) is 0 Å². The highest BCUT2D eigenvalue weighted by atomic mass is 28.3. The topological polar surface area (TPSA) is 78.1 Å².